The van der Waals surface area contributed by atoms with E-state index in [1.165, 1.54) is 4.90 Å². The van der Waals surface area contributed by atoms with Crippen LogP contribution in [0.25, 0.3) is 0 Å². The van der Waals surface area contributed by atoms with Gasteiger partial charge in [-0.3, -0.25) is 24.1 Å². The van der Waals surface area contributed by atoms with Gasteiger partial charge in [0.05, 0.1) is 11.1 Å². The zero-order chi connectivity index (χ0) is 20.3. The molecule has 3 rings (SSSR count). The summed E-state index contributed by atoms with van der Waals surface area (Å²) in [5, 5.41) is 0. The molecule has 28 heavy (non-hydrogen) atoms. The summed E-state index contributed by atoms with van der Waals surface area (Å²) >= 11 is 3.31. The molecular weight excluding hydrogens is 426 g/mol. The number of hydrogen-bond acceptors (Lipinski definition) is 4. The number of primary amides is 1. The third-order valence-corrected chi connectivity index (χ3v) is 5.87. The van der Waals surface area contributed by atoms with Crippen LogP contribution in [0, 0.1) is 5.92 Å². The minimum absolute atomic E-state index is 0.0307. The Balaban J connectivity index is 1.48. The van der Waals surface area contributed by atoms with Gasteiger partial charge < -0.3 is 10.6 Å². The molecule has 150 valence electrons. The average Bonchev–Trinajstić information content (AvgIpc) is 2.90. The molecule has 2 N–H and O–H groups in total. The molecule has 2 heterocycles. The number of benzene rings is 1. The molecule has 1 aromatic carbocycles. The number of carbonyl (C=O) groups excluding carboxylic acids is 4. The molecule has 2 aliphatic heterocycles. The molecule has 0 saturated carbocycles. The number of fused-ring (bicyclic) bond motifs is 1. The Morgan fingerprint density at radius 2 is 1.89 bits per heavy atom. The number of imide groups is 1. The van der Waals surface area contributed by atoms with Crippen molar-refractivity contribution in [3.8, 4) is 0 Å². The van der Waals surface area contributed by atoms with Gasteiger partial charge in [-0.05, 0) is 49.8 Å². The van der Waals surface area contributed by atoms with E-state index in [1.54, 1.807) is 18.2 Å². The lowest BCUT2D eigenvalue weighted by Gasteiger charge is -2.33. The Kier molecular flexibility index (Phi) is 6.49. The van der Waals surface area contributed by atoms with Gasteiger partial charge in [0.25, 0.3) is 11.8 Å². The van der Waals surface area contributed by atoms with E-state index in [0.717, 1.165) is 17.3 Å². The van der Waals surface area contributed by atoms with E-state index >= 15 is 0 Å². The molecule has 4 amide bonds. The van der Waals surface area contributed by atoms with Crippen LogP contribution in [0.1, 0.15) is 59.2 Å². The van der Waals surface area contributed by atoms with Crippen molar-refractivity contribution in [2.45, 2.75) is 38.5 Å². The predicted molar refractivity (Wildman–Crippen MR) is 106 cm³/mol. The maximum atomic E-state index is 12.5. The van der Waals surface area contributed by atoms with Gasteiger partial charge in [0.2, 0.25) is 11.8 Å². The fraction of sp³-hybridized carbons (Fsp3) is 0.500. The lowest BCUT2D eigenvalue weighted by atomic mass is 9.93. The van der Waals surface area contributed by atoms with E-state index in [0.29, 0.717) is 55.8 Å². The molecular formula is C20H24BrN3O4. The van der Waals surface area contributed by atoms with E-state index in [4.69, 9.17) is 5.73 Å². The van der Waals surface area contributed by atoms with Crippen molar-refractivity contribution in [1.82, 2.24) is 9.80 Å². The Bertz CT molecular complexity index is 811. The molecule has 1 saturated heterocycles. The van der Waals surface area contributed by atoms with Gasteiger partial charge in [-0.2, -0.15) is 0 Å². The third kappa shape index (κ3) is 4.60. The van der Waals surface area contributed by atoms with Crippen LogP contribution in [-0.4, -0.2) is 53.1 Å². The number of rotatable bonds is 7. The van der Waals surface area contributed by atoms with Gasteiger partial charge in [-0.25, -0.2) is 0 Å². The summed E-state index contributed by atoms with van der Waals surface area (Å²) in [4.78, 5) is 51.4. The molecule has 0 spiro atoms. The molecule has 0 aromatic heterocycles. The topological polar surface area (TPSA) is 101 Å². The molecule has 2 aliphatic rings. The number of halogens is 1. The number of piperidine rings is 1. The molecule has 0 bridgehead atoms. The predicted octanol–water partition coefficient (Wildman–Crippen LogP) is 2.33. The minimum Gasteiger partial charge on any atom is -0.370 e. The maximum Gasteiger partial charge on any atom is 0.261 e. The average molecular weight is 450 g/mol. The lowest BCUT2D eigenvalue weighted by molar-refractivity contribution is -0.133. The monoisotopic (exact) mass is 449 g/mol. The number of likely N-dealkylation sites (tertiary alicyclic amines) is 1. The summed E-state index contributed by atoms with van der Waals surface area (Å²) in [6.07, 6.45) is 3.71. The van der Waals surface area contributed by atoms with E-state index in [1.807, 2.05) is 4.90 Å². The van der Waals surface area contributed by atoms with Crippen molar-refractivity contribution in [1.29, 1.82) is 0 Å². The van der Waals surface area contributed by atoms with Crippen molar-refractivity contribution in [3.63, 3.8) is 0 Å². The fourth-order valence-corrected chi connectivity index (χ4v) is 4.25. The van der Waals surface area contributed by atoms with Crippen LogP contribution < -0.4 is 5.73 Å². The quantitative estimate of drug-likeness (QED) is 0.645. The minimum atomic E-state index is -0.309. The second-order valence-electron chi connectivity index (χ2n) is 7.41. The van der Waals surface area contributed by atoms with Gasteiger partial charge >= 0.3 is 0 Å². The second kappa shape index (κ2) is 8.86. The molecule has 1 atom stereocenters. The highest BCUT2D eigenvalue weighted by Gasteiger charge is 2.35. The van der Waals surface area contributed by atoms with Crippen LogP contribution >= 0.6 is 15.9 Å². The zero-order valence-electron chi connectivity index (χ0n) is 15.7. The van der Waals surface area contributed by atoms with Gasteiger partial charge in [0.15, 0.2) is 0 Å². The summed E-state index contributed by atoms with van der Waals surface area (Å²) in [7, 11) is 0. The number of amides is 4. The highest BCUT2D eigenvalue weighted by molar-refractivity contribution is 9.10. The number of nitrogens with two attached hydrogens (primary N) is 1. The normalized spacial score (nSPS) is 19.1. The van der Waals surface area contributed by atoms with E-state index in [-0.39, 0.29) is 30.2 Å². The lowest BCUT2D eigenvalue weighted by Crippen LogP contribution is -2.40. The SMILES string of the molecule is NC(=O)CCC1CCCN(C(=O)CCCN2C(=O)c3ccc(Br)cc3C2=O)C1. The first-order valence-electron chi connectivity index (χ1n) is 9.58. The first-order valence-corrected chi connectivity index (χ1v) is 10.4. The van der Waals surface area contributed by atoms with Crippen molar-refractivity contribution >= 4 is 39.6 Å². The number of carbonyl (C=O) groups is 4. The molecule has 0 aliphatic carbocycles. The van der Waals surface area contributed by atoms with Crippen molar-refractivity contribution in [2.75, 3.05) is 19.6 Å². The van der Waals surface area contributed by atoms with Crippen molar-refractivity contribution in [2.24, 2.45) is 11.7 Å². The van der Waals surface area contributed by atoms with Crippen LogP contribution in [0.15, 0.2) is 22.7 Å². The highest BCUT2D eigenvalue weighted by atomic mass is 79.9. The van der Waals surface area contributed by atoms with E-state index < -0.39 is 0 Å². The van der Waals surface area contributed by atoms with Gasteiger partial charge in [-0.1, -0.05) is 15.9 Å². The summed E-state index contributed by atoms with van der Waals surface area (Å²) in [5.74, 6) is -0.581. The Labute approximate surface area is 172 Å². The van der Waals surface area contributed by atoms with Crippen LogP contribution in [0.5, 0.6) is 0 Å². The van der Waals surface area contributed by atoms with Gasteiger partial charge in [0, 0.05) is 36.9 Å². The number of nitrogens with zero attached hydrogens (tertiary/aromatic N) is 2. The summed E-state index contributed by atoms with van der Waals surface area (Å²) < 4.78 is 0.750. The highest BCUT2D eigenvalue weighted by Crippen LogP contribution is 2.26. The summed E-state index contributed by atoms with van der Waals surface area (Å²) in [6, 6.07) is 5.04. The summed E-state index contributed by atoms with van der Waals surface area (Å²) in [6.45, 7) is 1.59. The molecule has 1 fully saturated rings. The van der Waals surface area contributed by atoms with Crippen LogP contribution in [0.3, 0.4) is 0 Å². The largest absolute Gasteiger partial charge is 0.370 e. The third-order valence-electron chi connectivity index (χ3n) is 5.38. The van der Waals surface area contributed by atoms with Crippen LogP contribution in [-0.2, 0) is 9.59 Å². The maximum absolute atomic E-state index is 12.5. The smallest absolute Gasteiger partial charge is 0.261 e. The van der Waals surface area contributed by atoms with E-state index in [9.17, 15) is 19.2 Å². The number of hydrogen-bond donors (Lipinski definition) is 1. The first-order chi connectivity index (χ1) is 13.4. The van der Waals surface area contributed by atoms with Crippen LogP contribution in [0.4, 0.5) is 0 Å². The van der Waals surface area contributed by atoms with Crippen molar-refractivity contribution in [3.05, 3.63) is 33.8 Å². The standard InChI is InChI=1S/C20H24BrN3O4/c21-14-6-7-15-16(11-14)20(28)24(19(15)27)10-2-4-18(26)23-9-1-3-13(12-23)5-8-17(22)25/h6-7,11,13H,1-5,8-10,12H2,(H2,22,25). The van der Waals surface area contributed by atoms with Crippen LogP contribution in [0.2, 0.25) is 0 Å². The fourth-order valence-electron chi connectivity index (χ4n) is 3.89. The zero-order valence-corrected chi connectivity index (χ0v) is 17.2. The molecule has 0 radical (unpaired) electrons. The van der Waals surface area contributed by atoms with E-state index in [2.05, 4.69) is 15.9 Å². The van der Waals surface area contributed by atoms with Gasteiger partial charge in [0.1, 0.15) is 0 Å². The Morgan fingerprint density at radius 3 is 2.64 bits per heavy atom. The molecule has 1 aromatic rings. The Hall–Kier alpha value is -2.22. The van der Waals surface area contributed by atoms with Crippen molar-refractivity contribution < 1.29 is 19.2 Å². The van der Waals surface area contributed by atoms with Gasteiger partial charge in [-0.15, -0.1) is 0 Å². The molecule has 1 unspecified atom stereocenters. The molecule has 8 heteroatoms. The Morgan fingerprint density at radius 1 is 1.14 bits per heavy atom. The molecule has 7 nitrogen and oxygen atoms in total. The first kappa shape index (κ1) is 20.5. The summed E-state index contributed by atoms with van der Waals surface area (Å²) in [5.41, 5.74) is 6.02. The second-order valence-corrected chi connectivity index (χ2v) is 8.32.